The van der Waals surface area contributed by atoms with Gasteiger partial charge in [0.25, 0.3) is 5.91 Å². The lowest BCUT2D eigenvalue weighted by Gasteiger charge is -2.10. The molecule has 0 radical (unpaired) electrons. The van der Waals surface area contributed by atoms with Crippen molar-refractivity contribution in [3.63, 3.8) is 0 Å². The van der Waals surface area contributed by atoms with Crippen LogP contribution in [0.4, 0.5) is 26.0 Å². The maximum atomic E-state index is 13.7. The molecule has 3 aromatic rings. The Balaban J connectivity index is 1.75. The highest BCUT2D eigenvalue weighted by Crippen LogP contribution is 2.28. The van der Waals surface area contributed by atoms with Crippen LogP contribution in [0.25, 0.3) is 0 Å². The monoisotopic (exact) mass is 390 g/mol. The van der Waals surface area contributed by atoms with E-state index in [-0.39, 0.29) is 17.2 Å². The number of aromatic nitrogens is 2. The van der Waals surface area contributed by atoms with Gasteiger partial charge in [-0.1, -0.05) is 17.7 Å². The minimum absolute atomic E-state index is 0.00316. The number of para-hydroxylation sites is 1. The number of amides is 1. The molecule has 0 unspecified atom stereocenters. The van der Waals surface area contributed by atoms with Gasteiger partial charge in [-0.05, 0) is 42.5 Å². The molecule has 0 aliphatic rings. The number of carbonyl (C=O) groups excluding carboxylic acids is 1. The topological polar surface area (TPSA) is 76.1 Å². The van der Waals surface area contributed by atoms with Crippen LogP contribution in [-0.4, -0.2) is 23.2 Å². The molecule has 6 nitrogen and oxygen atoms in total. The summed E-state index contributed by atoms with van der Waals surface area (Å²) in [6.07, 6.45) is 0. The minimum atomic E-state index is -0.772. The number of hydrogen-bond acceptors (Lipinski definition) is 5. The second kappa shape index (κ2) is 7.96. The van der Waals surface area contributed by atoms with E-state index < -0.39 is 17.5 Å². The largest absolute Gasteiger partial charge is 0.495 e. The van der Waals surface area contributed by atoms with Gasteiger partial charge in [-0.15, -0.1) is 10.2 Å². The van der Waals surface area contributed by atoms with Crippen LogP contribution in [0.15, 0.2) is 48.5 Å². The third-order valence-corrected chi connectivity index (χ3v) is 3.76. The fourth-order valence-corrected chi connectivity index (χ4v) is 2.40. The summed E-state index contributed by atoms with van der Waals surface area (Å²) in [6, 6.07) is 11.0. The van der Waals surface area contributed by atoms with Crippen LogP contribution in [0, 0.1) is 11.6 Å². The molecular weight excluding hydrogens is 378 g/mol. The molecule has 3 rings (SSSR count). The van der Waals surface area contributed by atoms with Gasteiger partial charge in [0.2, 0.25) is 0 Å². The number of nitrogens with one attached hydrogen (secondary N) is 2. The Labute approximate surface area is 158 Å². The summed E-state index contributed by atoms with van der Waals surface area (Å²) in [5, 5.41) is 13.1. The number of nitrogens with zero attached hydrogens (tertiary/aromatic N) is 2. The Hall–Kier alpha value is -3.26. The number of rotatable bonds is 5. The number of carbonyl (C=O) groups is 1. The fourth-order valence-electron chi connectivity index (χ4n) is 2.23. The lowest BCUT2D eigenvalue weighted by molar-refractivity contribution is 0.102. The van der Waals surface area contributed by atoms with E-state index in [1.54, 1.807) is 12.1 Å². The molecule has 138 valence electrons. The van der Waals surface area contributed by atoms with Crippen LogP contribution in [0.5, 0.6) is 5.75 Å². The summed E-state index contributed by atoms with van der Waals surface area (Å²) in [4.78, 5) is 12.3. The van der Waals surface area contributed by atoms with Gasteiger partial charge in [-0.3, -0.25) is 4.79 Å². The standard InChI is InChI=1S/C18H13ClF2N4O2/c1-27-15-7-5-10(19)9-14(15)22-18(26)13-6-8-16(25-24-13)23-17-11(20)3-2-4-12(17)21/h2-9H,1H3,(H,22,26)(H,23,25). The Morgan fingerprint density at radius 1 is 1.07 bits per heavy atom. The number of anilines is 3. The smallest absolute Gasteiger partial charge is 0.276 e. The van der Waals surface area contributed by atoms with Gasteiger partial charge in [-0.2, -0.15) is 0 Å². The molecule has 0 saturated carbocycles. The van der Waals surface area contributed by atoms with E-state index in [0.29, 0.717) is 16.5 Å². The Kier molecular flexibility index (Phi) is 5.46. The maximum absolute atomic E-state index is 13.7. The molecule has 0 atom stereocenters. The van der Waals surface area contributed by atoms with Gasteiger partial charge >= 0.3 is 0 Å². The van der Waals surface area contributed by atoms with Crippen molar-refractivity contribution < 1.29 is 18.3 Å². The van der Waals surface area contributed by atoms with Crippen molar-refractivity contribution >= 4 is 34.7 Å². The van der Waals surface area contributed by atoms with Gasteiger partial charge < -0.3 is 15.4 Å². The molecule has 0 spiro atoms. The zero-order valence-electron chi connectivity index (χ0n) is 14.0. The fraction of sp³-hybridized carbons (Fsp3) is 0.0556. The summed E-state index contributed by atoms with van der Waals surface area (Å²) in [5.74, 6) is -1.59. The molecular formula is C18H13ClF2N4O2. The highest BCUT2D eigenvalue weighted by atomic mass is 35.5. The second-order valence-electron chi connectivity index (χ2n) is 5.32. The van der Waals surface area contributed by atoms with Gasteiger partial charge in [0.05, 0.1) is 12.8 Å². The summed E-state index contributed by atoms with van der Waals surface area (Å²) in [7, 11) is 1.46. The molecule has 2 aromatic carbocycles. The summed E-state index contributed by atoms with van der Waals surface area (Å²) < 4.78 is 32.5. The first-order valence-corrected chi connectivity index (χ1v) is 8.05. The van der Waals surface area contributed by atoms with Crippen molar-refractivity contribution in [1.82, 2.24) is 10.2 Å². The van der Waals surface area contributed by atoms with E-state index in [4.69, 9.17) is 16.3 Å². The van der Waals surface area contributed by atoms with E-state index in [2.05, 4.69) is 20.8 Å². The highest BCUT2D eigenvalue weighted by Gasteiger charge is 2.14. The predicted octanol–water partition coefficient (Wildman–Crippen LogP) is 4.41. The minimum Gasteiger partial charge on any atom is -0.495 e. The van der Waals surface area contributed by atoms with E-state index in [9.17, 15) is 13.6 Å². The Morgan fingerprint density at radius 2 is 1.81 bits per heavy atom. The Bertz CT molecular complexity index is 963. The van der Waals surface area contributed by atoms with Crippen molar-refractivity contribution in [2.45, 2.75) is 0 Å². The van der Waals surface area contributed by atoms with Crippen LogP contribution in [0.1, 0.15) is 10.5 Å². The number of ether oxygens (including phenoxy) is 1. The van der Waals surface area contributed by atoms with E-state index in [1.165, 1.54) is 31.4 Å². The van der Waals surface area contributed by atoms with Crippen molar-refractivity contribution in [3.05, 3.63) is 70.9 Å². The van der Waals surface area contributed by atoms with E-state index >= 15 is 0 Å². The van der Waals surface area contributed by atoms with Gasteiger partial charge in [0, 0.05) is 5.02 Å². The lowest BCUT2D eigenvalue weighted by Crippen LogP contribution is -2.15. The third kappa shape index (κ3) is 4.29. The summed E-state index contributed by atoms with van der Waals surface area (Å²) >= 11 is 5.92. The van der Waals surface area contributed by atoms with Crippen LogP contribution in [-0.2, 0) is 0 Å². The van der Waals surface area contributed by atoms with Gasteiger partial charge in [0.15, 0.2) is 11.5 Å². The molecule has 1 heterocycles. The molecule has 1 amide bonds. The molecule has 0 saturated heterocycles. The third-order valence-electron chi connectivity index (χ3n) is 3.52. The average Bonchev–Trinajstić information content (AvgIpc) is 2.65. The van der Waals surface area contributed by atoms with Crippen LogP contribution >= 0.6 is 11.6 Å². The molecule has 1 aromatic heterocycles. The predicted molar refractivity (Wildman–Crippen MR) is 97.6 cm³/mol. The van der Waals surface area contributed by atoms with Crippen molar-refractivity contribution in [1.29, 1.82) is 0 Å². The number of benzene rings is 2. The first-order chi connectivity index (χ1) is 13.0. The van der Waals surface area contributed by atoms with Gasteiger partial charge in [0.1, 0.15) is 23.1 Å². The quantitative estimate of drug-likeness (QED) is 0.674. The first kappa shape index (κ1) is 18.5. The van der Waals surface area contributed by atoms with E-state index in [1.807, 2.05) is 0 Å². The molecule has 27 heavy (non-hydrogen) atoms. The van der Waals surface area contributed by atoms with Crippen LogP contribution in [0.3, 0.4) is 0 Å². The van der Waals surface area contributed by atoms with Crippen molar-refractivity contribution in [3.8, 4) is 5.75 Å². The molecule has 0 aliphatic carbocycles. The average molecular weight is 391 g/mol. The first-order valence-electron chi connectivity index (χ1n) is 7.67. The van der Waals surface area contributed by atoms with Crippen molar-refractivity contribution in [2.24, 2.45) is 0 Å². The summed E-state index contributed by atoms with van der Waals surface area (Å²) in [5.41, 5.74) is 0.0108. The van der Waals surface area contributed by atoms with Gasteiger partial charge in [-0.25, -0.2) is 8.78 Å². The van der Waals surface area contributed by atoms with Crippen LogP contribution < -0.4 is 15.4 Å². The molecule has 0 aliphatic heterocycles. The zero-order valence-corrected chi connectivity index (χ0v) is 14.7. The molecule has 9 heteroatoms. The number of halogens is 3. The van der Waals surface area contributed by atoms with Crippen molar-refractivity contribution in [2.75, 3.05) is 17.7 Å². The molecule has 2 N–H and O–H groups in total. The zero-order chi connectivity index (χ0) is 19.4. The highest BCUT2D eigenvalue weighted by molar-refractivity contribution is 6.31. The molecule has 0 bridgehead atoms. The van der Waals surface area contributed by atoms with Crippen LogP contribution in [0.2, 0.25) is 5.02 Å². The number of hydrogen-bond donors (Lipinski definition) is 2. The van der Waals surface area contributed by atoms with E-state index in [0.717, 1.165) is 12.1 Å². The molecule has 0 fully saturated rings. The second-order valence-corrected chi connectivity index (χ2v) is 5.76. The Morgan fingerprint density at radius 3 is 2.44 bits per heavy atom. The summed E-state index contributed by atoms with van der Waals surface area (Å²) in [6.45, 7) is 0. The lowest BCUT2D eigenvalue weighted by atomic mass is 10.2. The maximum Gasteiger partial charge on any atom is 0.276 e. The number of methoxy groups -OCH3 is 1. The SMILES string of the molecule is COc1ccc(Cl)cc1NC(=O)c1ccc(Nc2c(F)cccc2F)nn1. The normalized spacial score (nSPS) is 10.4.